The molecule has 0 bridgehead atoms. The molecule has 7 heteroatoms. The van der Waals surface area contributed by atoms with Crippen molar-refractivity contribution in [1.82, 2.24) is 0 Å². The highest BCUT2D eigenvalue weighted by atomic mass is 16.6. The van der Waals surface area contributed by atoms with Crippen LogP contribution in [-0.2, 0) is 23.9 Å². The normalized spacial score (nSPS) is 8.84. The van der Waals surface area contributed by atoms with Crippen molar-refractivity contribution in [2.75, 3.05) is 13.2 Å². The van der Waals surface area contributed by atoms with Gasteiger partial charge < -0.3 is 20.3 Å². The molecular weight excluding hydrogens is 482 g/mol. The van der Waals surface area contributed by atoms with Gasteiger partial charge in [0, 0.05) is 33.5 Å². The Hall–Kier alpha value is -4.27. The van der Waals surface area contributed by atoms with Crippen molar-refractivity contribution in [2.45, 2.75) is 91.1 Å². The molecule has 0 unspecified atom stereocenters. The van der Waals surface area contributed by atoms with Crippen LogP contribution in [0.5, 0.6) is 0 Å². The number of esters is 2. The van der Waals surface area contributed by atoms with Crippen LogP contribution >= 0.6 is 0 Å². The van der Waals surface area contributed by atoms with Gasteiger partial charge in [0.2, 0.25) is 5.91 Å². The number of ether oxygens (including phenoxy) is 2. The molecular formula is C31H57NO6. The molecule has 0 aliphatic rings. The van der Waals surface area contributed by atoms with E-state index in [1.807, 2.05) is 0 Å². The second kappa shape index (κ2) is 29.0. The average Bonchev–Trinajstić information content (AvgIpc) is 2.88. The standard InChI is InChI=1S/C29H32O5.C2H5NO.10H2/c1-3-5-7-9-11-13-14-16-17-19-21-23-28(31)33-26-27(25-30)34-29(32)24-22-20-18-15-12-10-8-6-4-2;1-2(3)4;;;;;;;;;;/h27,30H,4,6,8,10,12,15,18,20,22,24-26H2,1-2H3;1H3,(H2,3,4);10*1H/t27-;;;;;;;;;;;/m0.........../s1. The van der Waals surface area contributed by atoms with Gasteiger partial charge in [0.25, 0.3) is 0 Å². The van der Waals surface area contributed by atoms with E-state index in [2.05, 4.69) is 83.7 Å². The van der Waals surface area contributed by atoms with Gasteiger partial charge in [0.15, 0.2) is 6.10 Å². The van der Waals surface area contributed by atoms with Crippen molar-refractivity contribution in [3.63, 3.8) is 0 Å². The van der Waals surface area contributed by atoms with Crippen molar-refractivity contribution in [3.8, 4) is 71.0 Å². The lowest BCUT2D eigenvalue weighted by atomic mass is 10.1. The minimum absolute atomic E-state index is 0. The first-order valence-corrected chi connectivity index (χ1v) is 12.5. The molecule has 0 fully saturated rings. The second-order valence-corrected chi connectivity index (χ2v) is 7.71. The van der Waals surface area contributed by atoms with Crippen molar-refractivity contribution >= 4 is 17.8 Å². The first-order chi connectivity index (χ1) is 18.4. The number of nitrogens with two attached hydrogens (primary N) is 1. The van der Waals surface area contributed by atoms with Gasteiger partial charge in [-0.3, -0.25) is 9.59 Å². The predicted octanol–water partition coefficient (Wildman–Crippen LogP) is 5.35. The molecule has 1 atom stereocenters. The number of rotatable bonds is 14. The minimum Gasteiger partial charge on any atom is -0.456 e. The molecule has 0 aliphatic carbocycles. The maximum absolute atomic E-state index is 11.9. The number of primary amides is 1. The molecule has 0 aromatic carbocycles. The van der Waals surface area contributed by atoms with E-state index in [0.717, 1.165) is 19.3 Å². The number of unbranched alkanes of at least 4 members (excludes halogenated alkanes) is 8. The topological polar surface area (TPSA) is 116 Å². The van der Waals surface area contributed by atoms with E-state index >= 15 is 0 Å². The van der Waals surface area contributed by atoms with Crippen LogP contribution in [0.1, 0.15) is 99.2 Å². The van der Waals surface area contributed by atoms with E-state index in [1.165, 1.54) is 45.4 Å². The predicted molar refractivity (Wildman–Crippen MR) is 168 cm³/mol. The highest BCUT2D eigenvalue weighted by Gasteiger charge is 2.15. The summed E-state index contributed by atoms with van der Waals surface area (Å²) >= 11 is 0. The lowest BCUT2D eigenvalue weighted by molar-refractivity contribution is -0.159. The van der Waals surface area contributed by atoms with Crippen molar-refractivity contribution in [2.24, 2.45) is 5.73 Å². The average molecular weight is 540 g/mol. The van der Waals surface area contributed by atoms with Gasteiger partial charge in [0.05, 0.1) is 6.61 Å². The van der Waals surface area contributed by atoms with Gasteiger partial charge in [-0.15, -0.1) is 0 Å². The molecule has 0 aliphatic heterocycles. The fraction of sp³-hybridized carbons (Fsp3) is 0.516. The summed E-state index contributed by atoms with van der Waals surface area (Å²) in [4.78, 5) is 32.7. The molecule has 0 rings (SSSR count). The smallest absolute Gasteiger partial charge is 0.385 e. The zero-order chi connectivity index (χ0) is 28.7. The number of aliphatic hydroxyl groups is 1. The molecule has 7 nitrogen and oxygen atoms in total. The van der Waals surface area contributed by atoms with Gasteiger partial charge >= 0.3 is 11.9 Å². The molecule has 0 radical (unpaired) electrons. The summed E-state index contributed by atoms with van der Waals surface area (Å²) in [6.45, 7) is 4.46. The van der Waals surface area contributed by atoms with Crippen LogP contribution in [0.2, 0.25) is 0 Å². The molecule has 0 aromatic heterocycles. The summed E-state index contributed by atoms with van der Waals surface area (Å²) in [5.41, 5.74) is 4.47. The second-order valence-electron chi connectivity index (χ2n) is 7.71. The van der Waals surface area contributed by atoms with Crippen LogP contribution < -0.4 is 5.73 Å². The maximum atomic E-state index is 11.9. The Morgan fingerprint density at radius 1 is 0.789 bits per heavy atom. The molecule has 0 heterocycles. The van der Waals surface area contributed by atoms with E-state index < -0.39 is 24.6 Å². The Bertz CT molecular complexity index is 1120. The summed E-state index contributed by atoms with van der Waals surface area (Å²) in [5, 5.41) is 9.33. The van der Waals surface area contributed by atoms with E-state index in [0.29, 0.717) is 0 Å². The van der Waals surface area contributed by atoms with Crippen LogP contribution in [0.3, 0.4) is 0 Å². The number of aliphatic hydroxyl groups excluding tert-OH is 1. The third-order valence-corrected chi connectivity index (χ3v) is 4.24. The number of carbonyl (C=O) groups is 3. The fourth-order valence-corrected chi connectivity index (χ4v) is 2.55. The zero-order valence-electron chi connectivity index (χ0n) is 22.6. The lowest BCUT2D eigenvalue weighted by Crippen LogP contribution is -2.28. The number of hydrogen-bond donors (Lipinski definition) is 2. The summed E-state index contributed by atoms with van der Waals surface area (Å²) in [6.07, 6.45) is 9.72. The zero-order valence-corrected chi connectivity index (χ0v) is 22.6. The molecule has 0 saturated carbocycles. The monoisotopic (exact) mass is 539 g/mol. The summed E-state index contributed by atoms with van der Waals surface area (Å²) < 4.78 is 10.0. The summed E-state index contributed by atoms with van der Waals surface area (Å²) in [7, 11) is 0. The highest BCUT2D eigenvalue weighted by Crippen LogP contribution is 2.11. The Labute approximate surface area is 242 Å². The van der Waals surface area contributed by atoms with Crippen LogP contribution in [0.4, 0.5) is 0 Å². The van der Waals surface area contributed by atoms with Gasteiger partial charge in [-0.05, 0) is 72.5 Å². The summed E-state index contributed by atoms with van der Waals surface area (Å²) in [6, 6.07) is 0. The van der Waals surface area contributed by atoms with Crippen molar-refractivity contribution in [3.05, 3.63) is 0 Å². The Morgan fingerprint density at radius 2 is 1.24 bits per heavy atom. The van der Waals surface area contributed by atoms with E-state index in [1.54, 1.807) is 6.92 Å². The Balaban J connectivity index is -0.0000000873. The largest absolute Gasteiger partial charge is 0.456 e. The van der Waals surface area contributed by atoms with Crippen LogP contribution in [0, 0.1) is 71.0 Å². The third-order valence-electron chi connectivity index (χ3n) is 4.24. The van der Waals surface area contributed by atoms with Crippen LogP contribution in [-0.4, -0.2) is 42.3 Å². The van der Waals surface area contributed by atoms with E-state index in [-0.39, 0.29) is 33.2 Å². The van der Waals surface area contributed by atoms with E-state index in [4.69, 9.17) is 9.47 Å². The Kier molecular flexibility index (Phi) is 27.4. The maximum Gasteiger partial charge on any atom is 0.385 e. The number of carbonyl (C=O) groups excluding carboxylic acids is 3. The van der Waals surface area contributed by atoms with Crippen molar-refractivity contribution < 1.29 is 43.2 Å². The van der Waals surface area contributed by atoms with Crippen LogP contribution in [0.15, 0.2) is 0 Å². The van der Waals surface area contributed by atoms with Gasteiger partial charge in [-0.2, -0.15) is 0 Å². The quantitative estimate of drug-likeness (QED) is 0.133. The lowest BCUT2D eigenvalue weighted by Gasteiger charge is -2.14. The van der Waals surface area contributed by atoms with Crippen LogP contribution in [0.25, 0.3) is 0 Å². The minimum atomic E-state index is -0.918. The molecule has 0 spiro atoms. The first-order valence-electron chi connectivity index (χ1n) is 12.5. The molecule has 38 heavy (non-hydrogen) atoms. The number of hydrogen-bond acceptors (Lipinski definition) is 6. The summed E-state index contributed by atoms with van der Waals surface area (Å²) in [5.74, 6) is 27.6. The van der Waals surface area contributed by atoms with Gasteiger partial charge in [-0.1, -0.05) is 64.2 Å². The van der Waals surface area contributed by atoms with Crippen molar-refractivity contribution in [1.29, 1.82) is 0 Å². The molecule has 1 amide bonds. The molecule has 0 saturated heterocycles. The van der Waals surface area contributed by atoms with Gasteiger partial charge in [-0.25, -0.2) is 4.79 Å². The Morgan fingerprint density at radius 3 is 1.71 bits per heavy atom. The third kappa shape index (κ3) is 31.7. The number of amides is 1. The van der Waals surface area contributed by atoms with E-state index in [9.17, 15) is 19.5 Å². The molecule has 0 aromatic rings. The SMILES string of the molecule is CC#CC#CC#CC#CC#CC#CC(=O)OC[C@H](CO)OC(=O)CCCCCCCCCCC.CC(N)=O.[HH].[HH].[HH].[HH].[HH].[HH].[HH].[HH].[HH].[HH]. The first kappa shape index (κ1) is 35.9. The molecule has 222 valence electrons. The van der Waals surface area contributed by atoms with Gasteiger partial charge in [0.1, 0.15) is 6.61 Å². The molecule has 3 N–H and O–H groups in total. The highest BCUT2D eigenvalue weighted by molar-refractivity contribution is 5.89. The fourth-order valence-electron chi connectivity index (χ4n) is 2.55.